The molecule has 1 aliphatic heterocycles. The Morgan fingerprint density at radius 3 is 2.29 bits per heavy atom. The van der Waals surface area contributed by atoms with Crippen LogP contribution in [-0.4, -0.2) is 67.4 Å². The molecule has 1 aromatic carbocycles. The van der Waals surface area contributed by atoms with E-state index in [-0.39, 0.29) is 11.8 Å². The normalized spacial score (nSPS) is 14.7. The zero-order valence-electron chi connectivity index (χ0n) is 16.6. The van der Waals surface area contributed by atoms with E-state index in [1.54, 1.807) is 17.0 Å². The van der Waals surface area contributed by atoms with Crippen LogP contribution in [0, 0.1) is 0 Å². The van der Waals surface area contributed by atoms with Gasteiger partial charge in [0.25, 0.3) is 5.91 Å². The van der Waals surface area contributed by atoms with Crippen LogP contribution in [0.1, 0.15) is 24.4 Å². The number of nitrogens with zero attached hydrogens (tertiary/aromatic N) is 3. The summed E-state index contributed by atoms with van der Waals surface area (Å²) in [6.45, 7) is 8.99. The highest BCUT2D eigenvalue weighted by Gasteiger charge is 2.24. The summed E-state index contributed by atoms with van der Waals surface area (Å²) in [6, 6.07) is 11.3. The minimum Gasteiger partial charge on any atom is -0.459 e. The average molecular weight is 384 g/mol. The summed E-state index contributed by atoms with van der Waals surface area (Å²) in [5.41, 5.74) is 1.95. The minimum atomic E-state index is -0.0950. The lowest BCUT2D eigenvalue weighted by molar-refractivity contribution is -0.117. The first kappa shape index (κ1) is 19.9. The summed E-state index contributed by atoms with van der Waals surface area (Å²) in [7, 11) is 0. The molecule has 7 heteroatoms. The average Bonchev–Trinajstić information content (AvgIpc) is 3.25. The highest BCUT2D eigenvalue weighted by Crippen LogP contribution is 2.18. The van der Waals surface area contributed by atoms with E-state index in [9.17, 15) is 9.59 Å². The number of amides is 2. The molecule has 2 heterocycles. The highest BCUT2D eigenvalue weighted by atomic mass is 16.3. The molecule has 0 spiro atoms. The molecule has 3 rings (SSSR count). The number of furan rings is 1. The van der Waals surface area contributed by atoms with Gasteiger partial charge in [-0.05, 0) is 50.2 Å². The molecule has 0 saturated carbocycles. The molecule has 2 aromatic rings. The molecule has 0 bridgehead atoms. The van der Waals surface area contributed by atoms with Crippen molar-refractivity contribution < 1.29 is 14.0 Å². The van der Waals surface area contributed by atoms with Crippen LogP contribution >= 0.6 is 0 Å². The number of nitrogens with one attached hydrogen (secondary N) is 1. The summed E-state index contributed by atoms with van der Waals surface area (Å²) < 4.78 is 5.17. The summed E-state index contributed by atoms with van der Waals surface area (Å²) in [4.78, 5) is 30.7. The second-order valence-corrected chi connectivity index (χ2v) is 6.81. The molecule has 2 amide bonds. The minimum absolute atomic E-state index is 0.0404. The van der Waals surface area contributed by atoms with Gasteiger partial charge in [0, 0.05) is 50.6 Å². The van der Waals surface area contributed by atoms with Crippen molar-refractivity contribution in [2.75, 3.05) is 56.0 Å². The Balaban J connectivity index is 1.45. The number of benzene rings is 1. The van der Waals surface area contributed by atoms with Crippen molar-refractivity contribution in [2.45, 2.75) is 13.8 Å². The number of rotatable bonds is 7. The highest BCUT2D eigenvalue weighted by molar-refractivity contribution is 5.93. The van der Waals surface area contributed by atoms with Crippen LogP contribution in [-0.2, 0) is 4.79 Å². The second-order valence-electron chi connectivity index (χ2n) is 6.81. The molecule has 28 heavy (non-hydrogen) atoms. The number of piperazine rings is 1. The summed E-state index contributed by atoms with van der Waals surface area (Å²) in [6.07, 6.45) is 1.50. The molecule has 0 radical (unpaired) electrons. The first-order valence-corrected chi connectivity index (χ1v) is 9.80. The largest absolute Gasteiger partial charge is 0.459 e. The third-order valence-corrected chi connectivity index (χ3v) is 5.04. The SMILES string of the molecule is CCN(CC)c1ccc(NC(=O)CN2CCN(C(=O)c3ccco3)CC2)cc1. The molecule has 1 saturated heterocycles. The Morgan fingerprint density at radius 2 is 1.71 bits per heavy atom. The van der Waals surface area contributed by atoms with Gasteiger partial charge in [-0.1, -0.05) is 0 Å². The number of anilines is 2. The Morgan fingerprint density at radius 1 is 1.04 bits per heavy atom. The van der Waals surface area contributed by atoms with Gasteiger partial charge in [-0.25, -0.2) is 0 Å². The fraction of sp³-hybridized carbons (Fsp3) is 0.429. The van der Waals surface area contributed by atoms with Crippen molar-refractivity contribution in [3.63, 3.8) is 0 Å². The van der Waals surface area contributed by atoms with Crippen LogP contribution in [0.3, 0.4) is 0 Å². The van der Waals surface area contributed by atoms with Crippen LogP contribution in [0.25, 0.3) is 0 Å². The van der Waals surface area contributed by atoms with Gasteiger partial charge in [0.1, 0.15) is 0 Å². The molecule has 1 aliphatic rings. The third-order valence-electron chi connectivity index (χ3n) is 5.04. The number of hydrogen-bond donors (Lipinski definition) is 1. The molecule has 150 valence electrons. The molecule has 0 aliphatic carbocycles. The van der Waals surface area contributed by atoms with Crippen molar-refractivity contribution in [3.8, 4) is 0 Å². The Bertz CT molecular complexity index is 761. The van der Waals surface area contributed by atoms with Crippen molar-refractivity contribution in [3.05, 3.63) is 48.4 Å². The summed E-state index contributed by atoms with van der Waals surface area (Å²) in [5.74, 6) is 0.225. The topological polar surface area (TPSA) is 69.0 Å². The lowest BCUT2D eigenvalue weighted by Gasteiger charge is -2.33. The predicted molar refractivity (Wildman–Crippen MR) is 110 cm³/mol. The molecular formula is C21H28N4O3. The first-order chi connectivity index (χ1) is 13.6. The van der Waals surface area contributed by atoms with E-state index in [1.807, 2.05) is 24.3 Å². The maximum Gasteiger partial charge on any atom is 0.289 e. The van der Waals surface area contributed by atoms with E-state index in [4.69, 9.17) is 4.42 Å². The van der Waals surface area contributed by atoms with E-state index in [0.29, 0.717) is 38.5 Å². The molecule has 0 unspecified atom stereocenters. The maximum absolute atomic E-state index is 12.4. The number of carbonyl (C=O) groups is 2. The van der Waals surface area contributed by atoms with Gasteiger partial charge in [-0.15, -0.1) is 0 Å². The zero-order chi connectivity index (χ0) is 19.9. The van der Waals surface area contributed by atoms with Crippen molar-refractivity contribution in [2.24, 2.45) is 0 Å². The van der Waals surface area contributed by atoms with Gasteiger partial charge in [0.2, 0.25) is 5.91 Å². The molecular weight excluding hydrogens is 356 g/mol. The van der Waals surface area contributed by atoms with Crippen molar-refractivity contribution in [1.29, 1.82) is 0 Å². The molecule has 1 aromatic heterocycles. The summed E-state index contributed by atoms with van der Waals surface area (Å²) in [5, 5.41) is 2.95. The van der Waals surface area contributed by atoms with Crippen LogP contribution < -0.4 is 10.2 Å². The Kier molecular flexibility index (Phi) is 6.71. The van der Waals surface area contributed by atoms with E-state index in [0.717, 1.165) is 24.5 Å². The van der Waals surface area contributed by atoms with Gasteiger partial charge in [-0.3, -0.25) is 14.5 Å². The zero-order valence-corrected chi connectivity index (χ0v) is 16.6. The van der Waals surface area contributed by atoms with Crippen LogP contribution in [0.5, 0.6) is 0 Å². The van der Waals surface area contributed by atoms with Gasteiger partial charge in [0.05, 0.1) is 12.8 Å². The van der Waals surface area contributed by atoms with Gasteiger partial charge in [0.15, 0.2) is 5.76 Å². The molecule has 1 N–H and O–H groups in total. The van der Waals surface area contributed by atoms with Crippen LogP contribution in [0.4, 0.5) is 11.4 Å². The monoisotopic (exact) mass is 384 g/mol. The first-order valence-electron chi connectivity index (χ1n) is 9.80. The van der Waals surface area contributed by atoms with Gasteiger partial charge < -0.3 is 19.5 Å². The maximum atomic E-state index is 12.4. The lowest BCUT2D eigenvalue weighted by Crippen LogP contribution is -2.50. The van der Waals surface area contributed by atoms with Gasteiger partial charge >= 0.3 is 0 Å². The number of carbonyl (C=O) groups excluding carboxylic acids is 2. The van der Waals surface area contributed by atoms with Crippen molar-refractivity contribution in [1.82, 2.24) is 9.80 Å². The van der Waals surface area contributed by atoms with Gasteiger partial charge in [-0.2, -0.15) is 0 Å². The smallest absolute Gasteiger partial charge is 0.289 e. The standard InChI is InChI=1S/C21H28N4O3/c1-3-24(4-2)18-9-7-17(8-10-18)22-20(26)16-23-11-13-25(14-12-23)21(27)19-6-5-15-28-19/h5-10,15H,3-4,11-14,16H2,1-2H3,(H,22,26). The fourth-order valence-corrected chi connectivity index (χ4v) is 3.41. The van der Waals surface area contributed by atoms with Crippen molar-refractivity contribution >= 4 is 23.2 Å². The second kappa shape index (κ2) is 9.41. The van der Waals surface area contributed by atoms with E-state index >= 15 is 0 Å². The third kappa shape index (κ3) is 4.92. The molecule has 0 atom stereocenters. The molecule has 1 fully saturated rings. The van der Waals surface area contributed by atoms with E-state index in [1.165, 1.54) is 6.26 Å². The lowest BCUT2D eigenvalue weighted by atomic mass is 10.2. The van der Waals surface area contributed by atoms with E-state index < -0.39 is 0 Å². The number of hydrogen-bond acceptors (Lipinski definition) is 5. The van der Waals surface area contributed by atoms with Crippen LogP contribution in [0.2, 0.25) is 0 Å². The van der Waals surface area contributed by atoms with E-state index in [2.05, 4.69) is 29.0 Å². The Hall–Kier alpha value is -2.80. The summed E-state index contributed by atoms with van der Waals surface area (Å²) >= 11 is 0. The van der Waals surface area contributed by atoms with Crippen LogP contribution in [0.15, 0.2) is 47.1 Å². The fourth-order valence-electron chi connectivity index (χ4n) is 3.41. The quantitative estimate of drug-likeness (QED) is 0.794. The Labute approximate surface area is 165 Å². The predicted octanol–water partition coefficient (Wildman–Crippen LogP) is 2.52. The molecule has 7 nitrogen and oxygen atoms in total.